The zero-order valence-corrected chi connectivity index (χ0v) is 16.2. The molecule has 0 aromatic heterocycles. The van der Waals surface area contributed by atoms with E-state index in [1.807, 2.05) is 17.0 Å². The molecule has 27 heavy (non-hydrogen) atoms. The average molecular weight is 369 g/mol. The van der Waals surface area contributed by atoms with E-state index in [2.05, 4.69) is 12.1 Å². The summed E-state index contributed by atoms with van der Waals surface area (Å²) in [6.07, 6.45) is 4.24. The van der Waals surface area contributed by atoms with Gasteiger partial charge in [0.1, 0.15) is 5.75 Å². The number of amides is 1. The summed E-state index contributed by atoms with van der Waals surface area (Å²) in [6, 6.07) is 13.5. The van der Waals surface area contributed by atoms with E-state index in [1.165, 1.54) is 0 Å². The second kappa shape index (κ2) is 8.80. The quantitative estimate of drug-likeness (QED) is 0.780. The molecule has 0 spiro atoms. The summed E-state index contributed by atoms with van der Waals surface area (Å²) in [5.41, 5.74) is 1.76. The number of carbonyl (C=O) groups is 1. The van der Waals surface area contributed by atoms with Crippen molar-refractivity contribution in [2.24, 2.45) is 0 Å². The van der Waals surface area contributed by atoms with Gasteiger partial charge in [-0.3, -0.25) is 4.79 Å². The van der Waals surface area contributed by atoms with Crippen LogP contribution in [0, 0.1) is 0 Å². The van der Waals surface area contributed by atoms with E-state index in [9.17, 15) is 4.79 Å². The van der Waals surface area contributed by atoms with Crippen LogP contribution in [-0.2, 0) is 0 Å². The molecule has 0 aliphatic carbocycles. The van der Waals surface area contributed by atoms with Crippen molar-refractivity contribution in [2.75, 3.05) is 27.9 Å². The Labute approximate surface area is 160 Å². The van der Waals surface area contributed by atoms with E-state index in [1.54, 1.807) is 39.5 Å². The summed E-state index contributed by atoms with van der Waals surface area (Å²) < 4.78 is 15.9. The number of rotatable bonds is 5. The highest BCUT2D eigenvalue weighted by molar-refractivity contribution is 5.95. The van der Waals surface area contributed by atoms with Crippen molar-refractivity contribution in [1.82, 2.24) is 4.90 Å². The topological polar surface area (TPSA) is 48.0 Å². The minimum absolute atomic E-state index is 0.0265. The van der Waals surface area contributed by atoms with Gasteiger partial charge in [-0.15, -0.1) is 0 Å². The van der Waals surface area contributed by atoms with E-state index < -0.39 is 0 Å². The first-order chi connectivity index (χ1) is 13.2. The number of ether oxygens (including phenoxy) is 3. The highest BCUT2D eigenvalue weighted by Crippen LogP contribution is 2.34. The van der Waals surface area contributed by atoms with Crippen LogP contribution >= 0.6 is 0 Å². The highest BCUT2D eigenvalue weighted by Gasteiger charge is 2.28. The number of hydrogen-bond donors (Lipinski definition) is 0. The Morgan fingerprint density at radius 3 is 2.30 bits per heavy atom. The summed E-state index contributed by atoms with van der Waals surface area (Å²) in [6.45, 7) is 0.754. The molecule has 5 heteroatoms. The van der Waals surface area contributed by atoms with Gasteiger partial charge in [0, 0.05) is 12.1 Å². The molecule has 1 atom stereocenters. The van der Waals surface area contributed by atoms with Crippen LogP contribution in [0.1, 0.15) is 47.6 Å². The predicted octanol–water partition coefficient (Wildman–Crippen LogP) is 4.47. The van der Waals surface area contributed by atoms with Gasteiger partial charge in [0.2, 0.25) is 0 Å². The molecule has 0 N–H and O–H groups in total. The van der Waals surface area contributed by atoms with Crippen LogP contribution in [0.15, 0.2) is 42.5 Å². The zero-order valence-electron chi connectivity index (χ0n) is 16.2. The largest absolute Gasteiger partial charge is 0.497 e. The molecule has 1 fully saturated rings. The van der Waals surface area contributed by atoms with Crippen molar-refractivity contribution < 1.29 is 19.0 Å². The number of carbonyl (C=O) groups excluding carboxylic acids is 1. The summed E-state index contributed by atoms with van der Waals surface area (Å²) in [5, 5.41) is 0. The number of benzene rings is 2. The Bertz CT molecular complexity index is 772. The molecule has 3 rings (SSSR count). The standard InChI is InChI=1S/C22H27NO4/c1-25-18-11-8-16(9-12-18)19-7-5-4-6-14-23(19)22(24)17-10-13-20(26-2)21(15-17)27-3/h8-13,15,19H,4-7,14H2,1-3H3. The van der Waals surface area contributed by atoms with Crippen LogP contribution in [0.25, 0.3) is 0 Å². The Kier molecular flexibility index (Phi) is 6.22. The fourth-order valence-corrected chi connectivity index (χ4v) is 3.66. The normalized spacial score (nSPS) is 17.1. The van der Waals surface area contributed by atoms with Crippen LogP contribution in [0.3, 0.4) is 0 Å². The van der Waals surface area contributed by atoms with Crippen LogP contribution in [0.4, 0.5) is 0 Å². The molecule has 144 valence electrons. The second-order valence-corrected chi connectivity index (χ2v) is 6.71. The number of methoxy groups -OCH3 is 3. The SMILES string of the molecule is COc1ccc(C2CCCCCN2C(=O)c2ccc(OC)c(OC)c2)cc1. The Morgan fingerprint density at radius 1 is 0.889 bits per heavy atom. The van der Waals surface area contributed by atoms with Gasteiger partial charge in [0.05, 0.1) is 27.4 Å². The maximum absolute atomic E-state index is 13.3. The zero-order chi connectivity index (χ0) is 19.2. The lowest BCUT2D eigenvalue weighted by Gasteiger charge is -2.31. The molecule has 0 saturated carbocycles. The molecular formula is C22H27NO4. The monoisotopic (exact) mass is 369 g/mol. The lowest BCUT2D eigenvalue weighted by molar-refractivity contribution is 0.0680. The van der Waals surface area contributed by atoms with Gasteiger partial charge >= 0.3 is 0 Å². The lowest BCUT2D eigenvalue weighted by atomic mass is 10.00. The molecule has 0 bridgehead atoms. The van der Waals surface area contributed by atoms with Crippen LogP contribution in [-0.4, -0.2) is 38.7 Å². The molecule has 1 heterocycles. The van der Waals surface area contributed by atoms with Gasteiger partial charge in [-0.05, 0) is 48.7 Å². The van der Waals surface area contributed by atoms with Crippen molar-refractivity contribution in [3.8, 4) is 17.2 Å². The molecule has 1 aliphatic rings. The maximum Gasteiger partial charge on any atom is 0.254 e. The van der Waals surface area contributed by atoms with Gasteiger partial charge in [0.15, 0.2) is 11.5 Å². The highest BCUT2D eigenvalue weighted by atomic mass is 16.5. The minimum Gasteiger partial charge on any atom is -0.497 e. The molecule has 0 radical (unpaired) electrons. The molecule has 2 aromatic rings. The Balaban J connectivity index is 1.91. The van der Waals surface area contributed by atoms with Crippen molar-refractivity contribution in [1.29, 1.82) is 0 Å². The third-order valence-corrected chi connectivity index (χ3v) is 5.14. The van der Waals surface area contributed by atoms with Gasteiger partial charge < -0.3 is 19.1 Å². The summed E-state index contributed by atoms with van der Waals surface area (Å²) in [4.78, 5) is 15.3. The fraction of sp³-hybridized carbons (Fsp3) is 0.409. The summed E-state index contributed by atoms with van der Waals surface area (Å²) in [5.74, 6) is 2.04. The molecule has 1 aliphatic heterocycles. The minimum atomic E-state index is 0.0265. The molecule has 5 nitrogen and oxygen atoms in total. The van der Waals surface area contributed by atoms with Gasteiger partial charge in [-0.1, -0.05) is 25.0 Å². The molecule has 2 aromatic carbocycles. The van der Waals surface area contributed by atoms with E-state index in [0.29, 0.717) is 17.1 Å². The fourth-order valence-electron chi connectivity index (χ4n) is 3.66. The summed E-state index contributed by atoms with van der Waals surface area (Å²) in [7, 11) is 4.83. The van der Waals surface area contributed by atoms with Crippen molar-refractivity contribution in [3.63, 3.8) is 0 Å². The van der Waals surface area contributed by atoms with Gasteiger partial charge in [0.25, 0.3) is 5.91 Å². The summed E-state index contributed by atoms with van der Waals surface area (Å²) >= 11 is 0. The average Bonchev–Trinajstić information content (AvgIpc) is 2.98. The van der Waals surface area contributed by atoms with Crippen molar-refractivity contribution in [3.05, 3.63) is 53.6 Å². The molecular weight excluding hydrogens is 342 g/mol. The van der Waals surface area contributed by atoms with E-state index in [-0.39, 0.29) is 11.9 Å². The first-order valence-electron chi connectivity index (χ1n) is 9.35. The third-order valence-electron chi connectivity index (χ3n) is 5.14. The smallest absolute Gasteiger partial charge is 0.254 e. The van der Waals surface area contributed by atoms with Crippen LogP contribution in [0.5, 0.6) is 17.2 Å². The van der Waals surface area contributed by atoms with Crippen LogP contribution in [0.2, 0.25) is 0 Å². The Morgan fingerprint density at radius 2 is 1.63 bits per heavy atom. The first kappa shape index (κ1) is 19.1. The maximum atomic E-state index is 13.3. The third kappa shape index (κ3) is 4.18. The molecule has 1 saturated heterocycles. The number of likely N-dealkylation sites (tertiary alicyclic amines) is 1. The molecule has 1 unspecified atom stereocenters. The first-order valence-corrected chi connectivity index (χ1v) is 9.35. The van der Waals surface area contributed by atoms with Gasteiger partial charge in [-0.25, -0.2) is 0 Å². The van der Waals surface area contributed by atoms with Crippen molar-refractivity contribution >= 4 is 5.91 Å². The van der Waals surface area contributed by atoms with Gasteiger partial charge in [-0.2, -0.15) is 0 Å². The predicted molar refractivity (Wildman–Crippen MR) is 105 cm³/mol. The lowest BCUT2D eigenvalue weighted by Crippen LogP contribution is -2.34. The van der Waals surface area contributed by atoms with Crippen molar-refractivity contribution in [2.45, 2.75) is 31.7 Å². The van der Waals surface area contributed by atoms with E-state index in [0.717, 1.165) is 43.5 Å². The van der Waals surface area contributed by atoms with E-state index >= 15 is 0 Å². The second-order valence-electron chi connectivity index (χ2n) is 6.71. The number of nitrogens with zero attached hydrogens (tertiary/aromatic N) is 1. The molecule has 1 amide bonds. The number of hydrogen-bond acceptors (Lipinski definition) is 4. The van der Waals surface area contributed by atoms with Crippen LogP contribution < -0.4 is 14.2 Å². The van der Waals surface area contributed by atoms with E-state index in [4.69, 9.17) is 14.2 Å². The Hall–Kier alpha value is -2.69.